The number of unbranched alkanes of at least 4 members (excludes halogenated alkanes) is 20. The SMILES string of the molecule is CCCCCCc1cc(-c2cc3c(-c4cc(Cl)c(CC(CC)CCCC)s4)c4sc(-c5cc(CCCCCC)c(-c6cc(CCCCCC)c(-c7ccc(C=C8SC(=S)N(CCCCCC)C8=O)s7)s6)s5)cc4c(-c4cc(Cl)c(CC(CC)CCCC)s4)c3s2)sc1-c1cc(CCCCCC)c(-c2ccc(C=C3SC(=S)N(CCCCCC)C3=O)s2)s1. The lowest BCUT2D eigenvalue weighted by Gasteiger charge is -2.13. The molecule has 1 aromatic carbocycles. The highest BCUT2D eigenvalue weighted by atomic mass is 35.5. The molecule has 4 nitrogen and oxygen atoms in total. The lowest BCUT2D eigenvalue weighted by molar-refractivity contribution is -0.123. The van der Waals surface area contributed by atoms with E-state index in [-0.39, 0.29) is 11.8 Å². The fourth-order valence-corrected chi connectivity index (χ4v) is 33.1. The van der Waals surface area contributed by atoms with Gasteiger partial charge >= 0.3 is 0 Å². The Bertz CT molecular complexity index is 4990. The van der Waals surface area contributed by atoms with E-state index in [1.807, 2.05) is 123 Å². The molecule has 0 N–H and O–H groups in total. The number of rotatable bonds is 52. The number of hydrogen-bond donors (Lipinski definition) is 0. The topological polar surface area (TPSA) is 40.6 Å². The Hall–Kier alpha value is -3.38. The Kier molecular flexibility index (Phi) is 37.8. The van der Waals surface area contributed by atoms with Crippen LogP contribution >= 0.6 is 185 Å². The molecule has 0 radical (unpaired) electrons. The summed E-state index contributed by atoms with van der Waals surface area (Å²) in [5.41, 5.74) is 8.44. The lowest BCUT2D eigenvalue weighted by atomic mass is 9.95. The minimum absolute atomic E-state index is 0.0512. The van der Waals surface area contributed by atoms with Gasteiger partial charge in [-0.3, -0.25) is 19.4 Å². The van der Waals surface area contributed by atoms with Gasteiger partial charge in [0.1, 0.15) is 8.64 Å². The second-order valence-corrected chi connectivity index (χ2v) is 48.7. The number of thiocarbonyl (C=S) groups is 2. The molecule has 13 rings (SSSR count). The number of aryl methyl sites for hydroxylation is 4. The lowest BCUT2D eigenvalue weighted by Crippen LogP contribution is -2.28. The van der Waals surface area contributed by atoms with Crippen molar-refractivity contribution in [2.24, 2.45) is 11.8 Å². The van der Waals surface area contributed by atoms with Crippen molar-refractivity contribution in [3.63, 3.8) is 0 Å². The van der Waals surface area contributed by atoms with E-state index in [0.29, 0.717) is 33.6 Å². The molecule has 12 heterocycles. The number of carbonyl (C=O) groups is 2. The van der Waals surface area contributed by atoms with Crippen LogP contribution in [0.15, 0.2) is 82.6 Å². The molecule has 2 atom stereocenters. The first kappa shape index (κ1) is 96.2. The van der Waals surface area contributed by atoms with Gasteiger partial charge in [-0.1, -0.05) is 307 Å². The zero-order chi connectivity index (χ0) is 85.8. The van der Waals surface area contributed by atoms with Crippen molar-refractivity contribution in [1.29, 1.82) is 0 Å². The Labute approximate surface area is 800 Å². The Morgan fingerprint density at radius 2 is 0.656 bits per heavy atom. The van der Waals surface area contributed by atoms with Crippen LogP contribution in [0.5, 0.6) is 0 Å². The van der Waals surface area contributed by atoms with E-state index in [0.717, 1.165) is 145 Å². The normalized spacial score (nSPS) is 14.7. The average molecular weight is 1930 g/mol. The summed E-state index contributed by atoms with van der Waals surface area (Å²) >= 11 is 49.6. The fraction of sp³-hybridized carbons (Fsp3) is 0.510. The molecule has 11 aromatic rings. The van der Waals surface area contributed by atoms with Crippen molar-refractivity contribution in [3.8, 4) is 79.4 Å². The predicted octanol–water partition coefficient (Wildman–Crippen LogP) is 38.8. The third-order valence-corrected chi connectivity index (χ3v) is 40.5. The summed E-state index contributed by atoms with van der Waals surface area (Å²) in [7, 11) is 0. The van der Waals surface area contributed by atoms with Gasteiger partial charge in [-0.05, 0) is 196 Å². The summed E-state index contributed by atoms with van der Waals surface area (Å²) in [6.07, 6.45) is 48.0. The van der Waals surface area contributed by atoms with E-state index in [9.17, 15) is 9.59 Å². The van der Waals surface area contributed by atoms with Crippen LogP contribution in [0.25, 0.3) is 112 Å². The Morgan fingerprint density at radius 3 is 1.00 bits per heavy atom. The van der Waals surface area contributed by atoms with Gasteiger partial charge < -0.3 is 0 Å². The third kappa shape index (κ3) is 24.0. The van der Waals surface area contributed by atoms with Crippen molar-refractivity contribution in [2.45, 2.75) is 313 Å². The average Bonchev–Trinajstić information content (AvgIpc) is 1.55. The smallest absolute Gasteiger partial charge is 0.266 e. The number of nitrogens with zero attached hydrogens (tertiary/aromatic N) is 2. The van der Waals surface area contributed by atoms with E-state index in [4.69, 9.17) is 47.6 Å². The summed E-state index contributed by atoms with van der Waals surface area (Å²) in [6.45, 7) is 24.5. The molecule has 2 amide bonds. The summed E-state index contributed by atoms with van der Waals surface area (Å²) in [6, 6.07) is 29.4. The molecule has 654 valence electrons. The highest BCUT2D eigenvalue weighted by Gasteiger charge is 2.35. The van der Waals surface area contributed by atoms with E-state index >= 15 is 0 Å². The van der Waals surface area contributed by atoms with Crippen molar-refractivity contribution < 1.29 is 9.59 Å². The van der Waals surface area contributed by atoms with Gasteiger partial charge in [0, 0.05) is 132 Å². The Morgan fingerprint density at radius 1 is 0.336 bits per heavy atom. The molecule has 0 aliphatic carbocycles. The summed E-state index contributed by atoms with van der Waals surface area (Å²) < 4.78 is 4.02. The Balaban J connectivity index is 0.967. The maximum atomic E-state index is 13.9. The maximum Gasteiger partial charge on any atom is 0.266 e. The number of thiophene rings is 10. The van der Waals surface area contributed by atoms with Crippen LogP contribution in [0.3, 0.4) is 0 Å². The van der Waals surface area contributed by atoms with Crippen molar-refractivity contribution in [1.82, 2.24) is 9.80 Å². The molecule has 20 heteroatoms. The number of halogens is 2. The van der Waals surface area contributed by atoms with Crippen LogP contribution in [-0.2, 0) is 48.1 Å². The molecule has 2 saturated heterocycles. The van der Waals surface area contributed by atoms with E-state index in [2.05, 4.69) is 154 Å². The zero-order valence-corrected chi connectivity index (χ0v) is 86.6. The van der Waals surface area contributed by atoms with Crippen LogP contribution < -0.4 is 0 Å². The first-order valence-electron chi connectivity index (χ1n) is 46.4. The van der Waals surface area contributed by atoms with E-state index in [1.165, 1.54) is 284 Å². The highest BCUT2D eigenvalue weighted by molar-refractivity contribution is 8.27. The van der Waals surface area contributed by atoms with Gasteiger partial charge in [-0.15, -0.1) is 113 Å². The number of benzene rings is 1. The van der Waals surface area contributed by atoms with E-state index < -0.39 is 0 Å². The third-order valence-electron chi connectivity index (χ3n) is 24.3. The van der Waals surface area contributed by atoms with Crippen LogP contribution in [0.4, 0.5) is 0 Å². The first-order valence-corrected chi connectivity index (χ1v) is 57.7. The number of hydrogen-bond acceptors (Lipinski definition) is 16. The number of amides is 2. The van der Waals surface area contributed by atoms with Crippen molar-refractivity contribution in [2.75, 3.05) is 13.1 Å². The fourth-order valence-electron chi connectivity index (χ4n) is 17.1. The molecule has 2 fully saturated rings. The molecule has 2 aliphatic rings. The summed E-state index contributed by atoms with van der Waals surface area (Å²) in [5, 5.41) is 4.42. The highest BCUT2D eigenvalue weighted by Crippen LogP contribution is 2.59. The molecule has 2 aliphatic heterocycles. The first-order chi connectivity index (χ1) is 59.5. The van der Waals surface area contributed by atoms with Crippen molar-refractivity contribution >= 4 is 237 Å². The molecule has 0 spiro atoms. The van der Waals surface area contributed by atoms with Crippen LogP contribution in [0, 0.1) is 11.8 Å². The van der Waals surface area contributed by atoms with Crippen molar-refractivity contribution in [3.05, 3.63) is 134 Å². The van der Waals surface area contributed by atoms with Gasteiger partial charge in [0.15, 0.2) is 0 Å². The van der Waals surface area contributed by atoms with Gasteiger partial charge in [0.05, 0.1) is 19.9 Å². The number of fused-ring (bicyclic) bond motifs is 2. The maximum absolute atomic E-state index is 13.9. The molecule has 2 unspecified atom stereocenters. The second-order valence-electron chi connectivity index (χ2n) is 33.8. The monoisotopic (exact) mass is 1930 g/mol. The second kappa shape index (κ2) is 48.0. The van der Waals surface area contributed by atoms with Gasteiger partial charge in [-0.25, -0.2) is 0 Å². The molecule has 122 heavy (non-hydrogen) atoms. The largest absolute Gasteiger partial charge is 0.293 e. The van der Waals surface area contributed by atoms with Crippen LogP contribution in [0.1, 0.15) is 316 Å². The van der Waals surface area contributed by atoms with Crippen LogP contribution in [-0.4, -0.2) is 43.3 Å². The zero-order valence-electron chi connectivity index (χ0n) is 73.7. The molecular weight excluding hydrogens is 1800 g/mol. The predicted molar refractivity (Wildman–Crippen MR) is 567 cm³/mol. The summed E-state index contributed by atoms with van der Waals surface area (Å²) in [5.74, 6) is 1.25. The standard InChI is InChI=1S/C102H126Cl2N2O2S14/c1-11-21-29-35-43-67-55-81(115-95(67)87-57-69(45-37-31-23-13-3)93(119-87)77-49-47-71(111-77)59-89-99(107)105(101(109)121-89)51-39-33-25-15-5)83-61-73-91(85-63-75(103)79(113-85)53-65(19-9)41-27-17-7)98-74(92(97(73)117-83)86-64-76(104)80(114-86)54-66(20-10)42-28-18-8)62-84(118-98)82-56-68(44-36-30-22-12-2)96(116-82)88-58-70(46-38-32-24-14-4)94(120-88)78-50-48-72(112-78)60-90-100(108)106(102(110)122-90)52-40-34-26-16-6/h47-50,55-66H,11-46,51-54H2,1-10H3. The molecule has 0 bridgehead atoms. The van der Waals surface area contributed by atoms with Gasteiger partial charge in [0.2, 0.25) is 0 Å². The number of thioether (sulfide) groups is 2. The minimum atomic E-state index is 0.0512. The number of carbonyl (C=O) groups excluding carboxylic acids is 2. The van der Waals surface area contributed by atoms with E-state index in [1.54, 1.807) is 0 Å². The summed E-state index contributed by atoms with van der Waals surface area (Å²) in [4.78, 5) is 56.5. The minimum Gasteiger partial charge on any atom is -0.293 e. The van der Waals surface area contributed by atoms with Crippen LogP contribution in [0.2, 0.25) is 10.0 Å². The van der Waals surface area contributed by atoms with Gasteiger partial charge in [0.25, 0.3) is 11.8 Å². The molecular formula is C102H126Cl2N2O2S14. The molecule has 0 saturated carbocycles. The quantitative estimate of drug-likeness (QED) is 0.0215. The molecule has 10 aromatic heterocycles. The van der Waals surface area contributed by atoms with Gasteiger partial charge in [-0.2, -0.15) is 0 Å².